The van der Waals surface area contributed by atoms with E-state index in [1.165, 1.54) is 18.5 Å². The van der Waals surface area contributed by atoms with Gasteiger partial charge in [-0.2, -0.15) is 0 Å². The molecular weight excluding hydrogens is 189 g/mol. The molecule has 4 heterocycles. The van der Waals surface area contributed by atoms with Crippen LogP contribution in [0.5, 0.6) is 0 Å². The predicted octanol–water partition coefficient (Wildman–Crippen LogP) is 1.42. The van der Waals surface area contributed by atoms with Crippen molar-refractivity contribution in [2.24, 2.45) is 11.3 Å². The third kappa shape index (κ3) is 0.638. The highest BCUT2D eigenvalue weighted by atomic mass is 32.2. The summed E-state index contributed by atoms with van der Waals surface area (Å²) >= 11 is 0. The summed E-state index contributed by atoms with van der Waals surface area (Å²) < 4.78 is 1.56. The molecule has 4 saturated heterocycles. The highest BCUT2D eigenvalue weighted by Gasteiger charge is 3.09. The molecule has 4 aliphatic heterocycles. The van der Waals surface area contributed by atoms with Crippen LogP contribution in [-0.4, -0.2) is 47.9 Å². The first-order chi connectivity index (χ1) is 6.75. The molecule has 5 aliphatic rings. The largest absolute Gasteiger partial charge is 0.298 e. The van der Waals surface area contributed by atoms with Crippen LogP contribution in [0.4, 0.5) is 0 Å². The number of quaternary nitrogens is 1. The molecule has 3 unspecified atom stereocenters. The average molecular weight is 207 g/mol. The van der Waals surface area contributed by atoms with E-state index in [1.54, 1.807) is 11.0 Å². The summed E-state index contributed by atoms with van der Waals surface area (Å²) in [5, 5.41) is 2.40. The molecule has 0 spiro atoms. The second-order valence-corrected chi connectivity index (χ2v) is 7.89. The Morgan fingerprint density at radius 1 is 1.50 bits per heavy atom. The smallest absolute Gasteiger partial charge is 0.161 e. The van der Waals surface area contributed by atoms with Gasteiger partial charge in [-0.3, -0.25) is 4.48 Å². The maximum absolute atomic E-state index is 2.48. The van der Waals surface area contributed by atoms with Gasteiger partial charge in [-0.1, -0.05) is 18.0 Å². The molecule has 0 N–H and O–H groups in total. The van der Waals surface area contributed by atoms with E-state index in [-0.39, 0.29) is 0 Å². The second-order valence-electron chi connectivity index (χ2n) is 5.78. The summed E-state index contributed by atoms with van der Waals surface area (Å²) in [5.41, 5.74) is 0.923. The van der Waals surface area contributed by atoms with Crippen molar-refractivity contribution in [1.82, 2.24) is 0 Å². The van der Waals surface area contributed by atoms with Crippen LogP contribution < -0.4 is 0 Å². The maximum atomic E-state index is 2.48. The quantitative estimate of drug-likeness (QED) is 0.284. The van der Waals surface area contributed by atoms with Gasteiger partial charge in [-0.05, 0) is 19.1 Å². The Morgan fingerprint density at radius 3 is 2.64 bits per heavy atom. The molecule has 3 heteroatoms. The summed E-state index contributed by atoms with van der Waals surface area (Å²) in [6.07, 6.45) is 5.30. The van der Waals surface area contributed by atoms with Crippen molar-refractivity contribution in [2.75, 3.05) is 18.7 Å². The summed E-state index contributed by atoms with van der Waals surface area (Å²) in [6.45, 7) is 3.79. The van der Waals surface area contributed by atoms with Crippen LogP contribution in [-0.2, 0) is 0 Å². The van der Waals surface area contributed by atoms with Gasteiger partial charge in [0.05, 0.1) is 6.54 Å². The van der Waals surface area contributed by atoms with E-state index >= 15 is 0 Å². The van der Waals surface area contributed by atoms with Crippen molar-refractivity contribution >= 4 is 23.1 Å². The first kappa shape index (κ1) is 8.40. The van der Waals surface area contributed by atoms with Crippen LogP contribution in [0.2, 0.25) is 12.6 Å². The Morgan fingerprint density at radius 2 is 2.21 bits per heavy atom. The molecule has 75 valence electrons. The van der Waals surface area contributed by atoms with Crippen molar-refractivity contribution in [2.45, 2.75) is 31.6 Å². The molecule has 0 amide bonds. The van der Waals surface area contributed by atoms with Gasteiger partial charge in [0.2, 0.25) is 0 Å². The molecule has 1 saturated carbocycles. The molecule has 0 aromatic rings. The van der Waals surface area contributed by atoms with Gasteiger partial charge < -0.3 is 0 Å². The van der Waals surface area contributed by atoms with E-state index in [2.05, 4.69) is 25.8 Å². The SMILES string of the molecule is C/C=S(/C)C[N+]12CC3(C4C[B]C4)C1C32. The lowest BCUT2D eigenvalue weighted by atomic mass is 9.45. The van der Waals surface area contributed by atoms with Gasteiger partial charge in [-0.15, -0.1) is 10.5 Å². The molecule has 0 aromatic heterocycles. The average Bonchev–Trinajstić information content (AvgIpc) is 2.85. The minimum absolute atomic E-state index is 0.588. The lowest BCUT2D eigenvalue weighted by Gasteiger charge is -2.54. The maximum Gasteiger partial charge on any atom is 0.161 e. The van der Waals surface area contributed by atoms with Crippen molar-refractivity contribution < 1.29 is 4.48 Å². The molecule has 1 nitrogen and oxygen atoms in total. The Hall–Kier alpha value is 0.245. The number of hydrogen-bond acceptors (Lipinski definition) is 0. The van der Waals surface area contributed by atoms with E-state index in [0.717, 1.165) is 23.4 Å². The molecule has 2 bridgehead atoms. The molecule has 5 fully saturated rings. The van der Waals surface area contributed by atoms with Crippen LogP contribution in [0.25, 0.3) is 0 Å². The Bertz CT molecular complexity index is 337. The lowest BCUT2D eigenvalue weighted by molar-refractivity contribution is -0.932. The predicted molar refractivity (Wildman–Crippen MR) is 64.1 cm³/mol. The number of rotatable bonds is 3. The summed E-state index contributed by atoms with van der Waals surface area (Å²) in [4.78, 5) is 0. The summed E-state index contributed by atoms with van der Waals surface area (Å²) in [5.74, 6) is 2.60. The van der Waals surface area contributed by atoms with E-state index in [0.29, 0.717) is 10.5 Å². The van der Waals surface area contributed by atoms with Gasteiger partial charge in [-0.25, -0.2) is 0 Å². The highest BCUT2D eigenvalue weighted by molar-refractivity contribution is 8.14. The van der Waals surface area contributed by atoms with Gasteiger partial charge >= 0.3 is 0 Å². The summed E-state index contributed by atoms with van der Waals surface area (Å²) in [6, 6.07) is 2.33. The van der Waals surface area contributed by atoms with Crippen molar-refractivity contribution in [3.63, 3.8) is 0 Å². The van der Waals surface area contributed by atoms with Crippen LogP contribution in [0.15, 0.2) is 0 Å². The zero-order valence-corrected chi connectivity index (χ0v) is 9.89. The Labute approximate surface area is 89.6 Å². The fourth-order valence-electron chi connectivity index (χ4n) is 4.43. The molecule has 1 aliphatic carbocycles. The zero-order chi connectivity index (χ0) is 9.55. The standard InChI is InChI=1S/C11H18BNS/c1-3-14(2)7-13-6-11(8-4-12-5-8)9(13)10(11)13/h3,8-10H,4-7H2,1-2H3/q+1. The zero-order valence-electron chi connectivity index (χ0n) is 9.07. The minimum atomic E-state index is 0.588. The molecule has 0 aromatic carbocycles. The van der Waals surface area contributed by atoms with Gasteiger partial charge in [0.15, 0.2) is 12.1 Å². The number of hydrogen-bond donors (Lipinski definition) is 0. The van der Waals surface area contributed by atoms with Gasteiger partial charge in [0.1, 0.15) is 18.6 Å². The van der Waals surface area contributed by atoms with Crippen LogP contribution in [0.1, 0.15) is 6.92 Å². The molecule has 14 heavy (non-hydrogen) atoms. The van der Waals surface area contributed by atoms with E-state index < -0.39 is 0 Å². The third-order valence-electron chi connectivity index (χ3n) is 5.39. The number of nitrogens with zero attached hydrogens (tertiary/aromatic N) is 1. The third-order valence-corrected chi connectivity index (χ3v) is 7.08. The van der Waals surface area contributed by atoms with Crippen molar-refractivity contribution in [3.8, 4) is 0 Å². The molecule has 1 radical (unpaired) electrons. The first-order valence-corrected chi connectivity index (χ1v) is 7.71. The molecule has 5 rings (SSSR count). The Balaban J connectivity index is 1.45. The van der Waals surface area contributed by atoms with Crippen molar-refractivity contribution in [3.05, 3.63) is 0 Å². The lowest BCUT2D eigenvalue weighted by Crippen LogP contribution is -2.67. The van der Waals surface area contributed by atoms with Gasteiger partial charge in [0.25, 0.3) is 0 Å². The first-order valence-electron chi connectivity index (χ1n) is 5.84. The fraction of sp³-hybridized carbons (Fsp3) is 0.909. The normalized spacial score (nSPS) is 59.3. The Kier molecular flexibility index (Phi) is 1.30. The van der Waals surface area contributed by atoms with E-state index in [4.69, 9.17) is 0 Å². The topological polar surface area (TPSA) is 0 Å². The highest BCUT2D eigenvalue weighted by Crippen LogP contribution is 2.88. The minimum Gasteiger partial charge on any atom is -0.298 e. The van der Waals surface area contributed by atoms with E-state index in [1.807, 2.05) is 0 Å². The monoisotopic (exact) mass is 207 g/mol. The van der Waals surface area contributed by atoms with Crippen LogP contribution in [0, 0.1) is 11.3 Å². The molecular formula is C11H18BNS+. The second kappa shape index (κ2) is 2.17. The molecule has 3 atom stereocenters. The van der Waals surface area contributed by atoms with Crippen LogP contribution >= 0.6 is 10.5 Å². The fourth-order valence-corrected chi connectivity index (χ4v) is 5.75. The van der Waals surface area contributed by atoms with Crippen LogP contribution in [0.3, 0.4) is 0 Å². The van der Waals surface area contributed by atoms with Crippen molar-refractivity contribution in [1.29, 1.82) is 0 Å². The van der Waals surface area contributed by atoms with Gasteiger partial charge in [0, 0.05) is 0 Å². The summed E-state index contributed by atoms with van der Waals surface area (Å²) in [7, 11) is 3.07. The van der Waals surface area contributed by atoms with E-state index in [9.17, 15) is 0 Å².